The number of allylic oxidation sites excluding steroid dienone is 1. The first-order valence-electron chi connectivity index (χ1n) is 1.91. The second-order valence-corrected chi connectivity index (χ2v) is 1.35. The first kappa shape index (κ1) is 7.74. The zero-order chi connectivity index (χ0) is 6.41. The van der Waals surface area contributed by atoms with E-state index in [0.29, 0.717) is 0 Å². The van der Waals surface area contributed by atoms with Crippen LogP contribution in [-0.4, -0.2) is 6.16 Å². The van der Waals surface area contributed by atoms with Crippen LogP contribution in [0.25, 0.3) is 0 Å². The molecule has 0 aromatic carbocycles. The molecular weight excluding hydrogens is 223 g/mol. The van der Waals surface area contributed by atoms with E-state index in [0.717, 1.165) is 0 Å². The van der Waals surface area contributed by atoms with Gasteiger partial charge in [0.1, 0.15) is 0 Å². The fourth-order valence-electron chi connectivity index (χ4n) is 0.142. The molecule has 0 aliphatic heterocycles. The van der Waals surface area contributed by atoms with Gasteiger partial charge in [-0.1, -0.05) is 6.08 Å². The van der Waals surface area contributed by atoms with Gasteiger partial charge in [0.25, 0.3) is 0 Å². The molecule has 0 saturated heterocycles. The van der Waals surface area contributed by atoms with Crippen LogP contribution in [0.5, 0.6) is 0 Å². The lowest BCUT2D eigenvalue weighted by Crippen LogP contribution is -1.92. The van der Waals surface area contributed by atoms with Gasteiger partial charge in [-0.25, -0.2) is 4.79 Å². The van der Waals surface area contributed by atoms with Crippen molar-refractivity contribution in [2.75, 3.05) is 0 Å². The minimum absolute atomic E-state index is 0.705. The predicted molar refractivity (Wildman–Crippen MR) is 36.4 cm³/mol. The van der Waals surface area contributed by atoms with Crippen LogP contribution in [0.1, 0.15) is 6.92 Å². The molecule has 0 N–H and O–H groups in total. The highest BCUT2D eigenvalue weighted by atomic mass is 127. The molecule has 46 valence electrons. The summed E-state index contributed by atoms with van der Waals surface area (Å²) in [4.78, 5) is 10.1. The summed E-state index contributed by atoms with van der Waals surface area (Å²) in [6.45, 7) is 1.74. The van der Waals surface area contributed by atoms with Crippen molar-refractivity contribution in [1.29, 1.82) is 0 Å². The largest absolute Gasteiger partial charge is 0.522 e. The summed E-state index contributed by atoms with van der Waals surface area (Å²) < 4.78 is 8.40. The van der Waals surface area contributed by atoms with E-state index in [1.807, 2.05) is 0 Å². The molecule has 0 saturated carbocycles. The van der Waals surface area contributed by atoms with Crippen LogP contribution in [-0.2, 0) is 7.80 Å². The molecule has 0 aromatic rings. The lowest BCUT2D eigenvalue weighted by Gasteiger charge is -1.89. The fraction of sp³-hybridized carbons (Fsp3) is 0.250. The van der Waals surface area contributed by atoms with Crippen molar-refractivity contribution in [3.63, 3.8) is 0 Å². The van der Waals surface area contributed by atoms with Crippen molar-refractivity contribution in [2.45, 2.75) is 6.92 Å². The Morgan fingerprint density at radius 3 is 2.75 bits per heavy atom. The van der Waals surface area contributed by atoms with Crippen LogP contribution in [0.15, 0.2) is 12.3 Å². The second kappa shape index (κ2) is 4.89. The Bertz CT molecular complexity index is 99.5. The Morgan fingerprint density at radius 2 is 2.38 bits per heavy atom. The molecule has 4 heteroatoms. The summed E-state index contributed by atoms with van der Waals surface area (Å²) in [5.41, 5.74) is 0. The van der Waals surface area contributed by atoms with E-state index >= 15 is 0 Å². The first-order chi connectivity index (χ1) is 3.81. The van der Waals surface area contributed by atoms with Gasteiger partial charge in [0.05, 0.1) is 6.26 Å². The van der Waals surface area contributed by atoms with Crippen molar-refractivity contribution in [3.05, 3.63) is 12.3 Å². The lowest BCUT2D eigenvalue weighted by molar-refractivity contribution is 0.151. The second-order valence-electron chi connectivity index (χ2n) is 0.914. The summed E-state index contributed by atoms with van der Waals surface area (Å²) in [6.07, 6.45) is 2.14. The third-order valence-corrected chi connectivity index (χ3v) is 0.723. The summed E-state index contributed by atoms with van der Waals surface area (Å²) in [7, 11) is 0. The van der Waals surface area contributed by atoms with Crippen LogP contribution < -0.4 is 0 Å². The van der Waals surface area contributed by atoms with Crippen LogP contribution in [0.2, 0.25) is 0 Å². The molecule has 0 aliphatic carbocycles. The average molecular weight is 228 g/mol. The molecule has 0 amide bonds. The van der Waals surface area contributed by atoms with Gasteiger partial charge < -0.3 is 7.80 Å². The minimum atomic E-state index is -0.705. The number of rotatable bonds is 1. The molecular formula is C4H5IO3. The Kier molecular flexibility index (Phi) is 4.73. The van der Waals surface area contributed by atoms with Gasteiger partial charge in [0.2, 0.25) is 0 Å². The first-order valence-corrected chi connectivity index (χ1v) is 2.79. The number of halogens is 1. The monoisotopic (exact) mass is 228 g/mol. The predicted octanol–water partition coefficient (Wildman–Crippen LogP) is 2.02. The molecule has 0 atom stereocenters. The average Bonchev–Trinajstić information content (AvgIpc) is 1.83. The summed E-state index contributed by atoms with van der Waals surface area (Å²) >= 11 is 1.44. The van der Waals surface area contributed by atoms with E-state index in [1.165, 1.54) is 29.3 Å². The third kappa shape index (κ3) is 3.91. The standard InChI is InChI=1S/C4H5IO3/c1-2-3-7-4(6)8-5/h2-3H,1H3. The molecule has 0 fully saturated rings. The highest BCUT2D eigenvalue weighted by Gasteiger charge is 1.94. The Labute approximate surface area is 61.3 Å². The van der Waals surface area contributed by atoms with E-state index in [4.69, 9.17) is 0 Å². The number of ether oxygens (including phenoxy) is 1. The SMILES string of the molecule is CC=COC(=O)OI. The van der Waals surface area contributed by atoms with E-state index < -0.39 is 6.16 Å². The van der Waals surface area contributed by atoms with Crippen molar-refractivity contribution < 1.29 is 12.6 Å². The number of carbonyl (C=O) groups is 1. The van der Waals surface area contributed by atoms with Crippen molar-refractivity contribution >= 4 is 29.2 Å². The van der Waals surface area contributed by atoms with E-state index in [2.05, 4.69) is 7.80 Å². The zero-order valence-corrected chi connectivity index (χ0v) is 6.41. The number of hydrogen-bond donors (Lipinski definition) is 0. The molecule has 0 unspecified atom stereocenters. The maximum atomic E-state index is 10.1. The Balaban J connectivity index is 3.25. The van der Waals surface area contributed by atoms with Gasteiger partial charge in [0, 0.05) is 0 Å². The smallest absolute Gasteiger partial charge is 0.403 e. The molecule has 8 heavy (non-hydrogen) atoms. The molecule has 0 aliphatic rings. The quantitative estimate of drug-likeness (QED) is 0.391. The maximum absolute atomic E-state index is 10.1. The van der Waals surface area contributed by atoms with Gasteiger partial charge in [-0.15, -0.1) is 0 Å². The minimum Gasteiger partial charge on any atom is -0.403 e. The summed E-state index contributed by atoms with van der Waals surface area (Å²) in [5, 5.41) is 0. The summed E-state index contributed by atoms with van der Waals surface area (Å²) in [6, 6.07) is 0. The fourth-order valence-corrected chi connectivity index (χ4v) is 0.246. The number of carbonyl (C=O) groups excluding carboxylic acids is 1. The molecule has 0 heterocycles. The van der Waals surface area contributed by atoms with Crippen molar-refractivity contribution in [2.24, 2.45) is 0 Å². The molecule has 0 aromatic heterocycles. The van der Waals surface area contributed by atoms with Gasteiger partial charge in [0.15, 0.2) is 23.0 Å². The molecule has 0 rings (SSSR count). The maximum Gasteiger partial charge on any atom is 0.522 e. The number of hydrogen-bond acceptors (Lipinski definition) is 3. The van der Waals surface area contributed by atoms with Crippen molar-refractivity contribution in [3.8, 4) is 0 Å². The molecule has 0 spiro atoms. The van der Waals surface area contributed by atoms with Crippen molar-refractivity contribution in [1.82, 2.24) is 0 Å². The molecule has 0 radical (unpaired) electrons. The van der Waals surface area contributed by atoms with E-state index in [1.54, 1.807) is 13.0 Å². The third-order valence-electron chi connectivity index (χ3n) is 0.363. The van der Waals surface area contributed by atoms with Gasteiger partial charge >= 0.3 is 6.16 Å². The van der Waals surface area contributed by atoms with Gasteiger partial charge in [-0.05, 0) is 6.92 Å². The summed E-state index contributed by atoms with van der Waals surface area (Å²) in [5.74, 6) is 0. The normalized spacial score (nSPS) is 9.25. The zero-order valence-electron chi connectivity index (χ0n) is 4.26. The topological polar surface area (TPSA) is 35.5 Å². The van der Waals surface area contributed by atoms with Crippen LogP contribution in [0.4, 0.5) is 4.79 Å². The van der Waals surface area contributed by atoms with E-state index in [9.17, 15) is 4.79 Å². The van der Waals surface area contributed by atoms with E-state index in [-0.39, 0.29) is 0 Å². The molecule has 3 nitrogen and oxygen atoms in total. The lowest BCUT2D eigenvalue weighted by atomic mass is 10.7. The highest BCUT2D eigenvalue weighted by molar-refractivity contribution is 14.1. The van der Waals surface area contributed by atoms with Gasteiger partial charge in [-0.2, -0.15) is 0 Å². The van der Waals surface area contributed by atoms with Crippen LogP contribution >= 0.6 is 23.0 Å². The molecule has 0 bridgehead atoms. The Morgan fingerprint density at radius 1 is 1.75 bits per heavy atom. The van der Waals surface area contributed by atoms with Gasteiger partial charge in [-0.3, -0.25) is 0 Å². The van der Waals surface area contributed by atoms with Crippen LogP contribution in [0.3, 0.4) is 0 Å². The van der Waals surface area contributed by atoms with Crippen LogP contribution in [0, 0.1) is 0 Å². The Hall–Kier alpha value is -0.260. The highest BCUT2D eigenvalue weighted by Crippen LogP contribution is 1.91.